The molecule has 0 N–H and O–H groups in total. The maximum atomic E-state index is 12.7. The van der Waals surface area contributed by atoms with Crippen LogP contribution in [0.5, 0.6) is 0 Å². The summed E-state index contributed by atoms with van der Waals surface area (Å²) in [4.78, 5) is 3.86. The van der Waals surface area contributed by atoms with Gasteiger partial charge in [-0.15, -0.1) is 0 Å². The third-order valence-corrected chi connectivity index (χ3v) is 6.05. The second-order valence-electron chi connectivity index (χ2n) is 4.55. The van der Waals surface area contributed by atoms with Crippen LogP contribution in [0.4, 0.5) is 0 Å². The monoisotopic (exact) mass is 388 g/mol. The van der Waals surface area contributed by atoms with E-state index in [1.54, 1.807) is 0 Å². The minimum absolute atomic E-state index is 0.0103. The lowest BCUT2D eigenvalue weighted by Crippen LogP contribution is -2.30. The molecule has 0 spiro atoms. The number of benzene rings is 1. The molecule has 0 bridgehead atoms. The molecule has 1 aromatic heterocycles. The lowest BCUT2D eigenvalue weighted by molar-refractivity contribution is 0.398. The van der Waals surface area contributed by atoms with Gasteiger partial charge in [0.1, 0.15) is 10.0 Å². The van der Waals surface area contributed by atoms with Gasteiger partial charge in [-0.2, -0.15) is 4.31 Å². The van der Waals surface area contributed by atoms with Crippen LogP contribution < -0.4 is 0 Å². The van der Waals surface area contributed by atoms with E-state index in [1.807, 2.05) is 37.3 Å². The Morgan fingerprint density at radius 1 is 1.29 bits per heavy atom. The molecule has 1 unspecified atom stereocenters. The van der Waals surface area contributed by atoms with Crippen LogP contribution in [0.15, 0.2) is 52.0 Å². The Hall–Kier alpha value is -0.950. The molecule has 0 radical (unpaired) electrons. The Bertz CT molecular complexity index is 738. The predicted molar refractivity (Wildman–Crippen MR) is 86.8 cm³/mol. The van der Waals surface area contributed by atoms with E-state index in [1.165, 1.54) is 23.6 Å². The van der Waals surface area contributed by atoms with Crippen molar-refractivity contribution in [1.29, 1.82) is 0 Å². The molecule has 0 aliphatic rings. The molecular weight excluding hydrogens is 376 g/mol. The Kier molecular flexibility index (Phi) is 5.03. The van der Waals surface area contributed by atoms with Crippen molar-refractivity contribution in [2.24, 2.45) is 0 Å². The van der Waals surface area contributed by atoms with Crippen molar-refractivity contribution in [2.45, 2.75) is 17.9 Å². The number of halogens is 2. The van der Waals surface area contributed by atoms with Crippen LogP contribution in [-0.2, 0) is 10.0 Å². The van der Waals surface area contributed by atoms with Crippen molar-refractivity contribution in [1.82, 2.24) is 9.29 Å². The minimum Gasteiger partial charge on any atom is -0.242 e. The second-order valence-corrected chi connectivity index (χ2v) is 7.79. The van der Waals surface area contributed by atoms with Gasteiger partial charge in [0.05, 0.1) is 0 Å². The van der Waals surface area contributed by atoms with E-state index in [-0.39, 0.29) is 16.1 Å². The van der Waals surface area contributed by atoms with Crippen LogP contribution in [0.2, 0.25) is 5.15 Å². The van der Waals surface area contributed by atoms with E-state index >= 15 is 0 Å². The maximum Gasteiger partial charge on any atom is 0.246 e. The zero-order valence-corrected chi connectivity index (χ0v) is 14.7. The van der Waals surface area contributed by atoms with Crippen LogP contribution in [0.25, 0.3) is 0 Å². The molecule has 2 aromatic rings. The SMILES string of the molecule is CC(c1ccccc1)N(C)S(=O)(=O)c1cc(Br)cnc1Cl. The van der Waals surface area contributed by atoms with E-state index < -0.39 is 10.0 Å². The molecule has 21 heavy (non-hydrogen) atoms. The first-order valence-corrected chi connectivity index (χ1v) is 8.79. The summed E-state index contributed by atoms with van der Waals surface area (Å²) in [5.41, 5.74) is 0.905. The van der Waals surface area contributed by atoms with Crippen molar-refractivity contribution in [2.75, 3.05) is 7.05 Å². The maximum absolute atomic E-state index is 12.7. The second kappa shape index (κ2) is 6.44. The highest BCUT2D eigenvalue weighted by atomic mass is 79.9. The third kappa shape index (κ3) is 3.45. The molecule has 1 heterocycles. The predicted octanol–water partition coefficient (Wildman–Crippen LogP) is 3.88. The molecule has 0 amide bonds. The fraction of sp³-hybridized carbons (Fsp3) is 0.214. The van der Waals surface area contributed by atoms with Gasteiger partial charge in [-0.05, 0) is 34.5 Å². The van der Waals surface area contributed by atoms with E-state index in [4.69, 9.17) is 11.6 Å². The van der Waals surface area contributed by atoms with Crippen molar-refractivity contribution >= 4 is 37.6 Å². The topological polar surface area (TPSA) is 50.3 Å². The van der Waals surface area contributed by atoms with Crippen molar-refractivity contribution in [3.05, 3.63) is 57.8 Å². The summed E-state index contributed by atoms with van der Waals surface area (Å²) in [5, 5.41) is -0.0367. The zero-order valence-electron chi connectivity index (χ0n) is 11.5. The van der Waals surface area contributed by atoms with Crippen LogP contribution in [0, 0.1) is 0 Å². The fourth-order valence-corrected chi connectivity index (χ4v) is 4.16. The first-order chi connectivity index (χ1) is 9.84. The van der Waals surface area contributed by atoms with Crippen LogP contribution >= 0.6 is 27.5 Å². The summed E-state index contributed by atoms with van der Waals surface area (Å²) in [6.07, 6.45) is 1.46. The number of sulfonamides is 1. The van der Waals surface area contributed by atoms with Crippen LogP contribution in [-0.4, -0.2) is 24.8 Å². The lowest BCUT2D eigenvalue weighted by Gasteiger charge is -2.25. The number of rotatable bonds is 4. The summed E-state index contributed by atoms with van der Waals surface area (Å²) in [6.45, 7) is 1.83. The first kappa shape index (κ1) is 16.4. The molecule has 0 saturated carbocycles. The van der Waals surface area contributed by atoms with Gasteiger partial charge < -0.3 is 0 Å². The summed E-state index contributed by atoms with van der Waals surface area (Å²) in [7, 11) is -2.20. The normalized spacial score (nSPS) is 13.4. The zero-order chi connectivity index (χ0) is 15.6. The van der Waals surface area contributed by atoms with Crippen molar-refractivity contribution < 1.29 is 8.42 Å². The van der Waals surface area contributed by atoms with E-state index in [0.717, 1.165) is 5.56 Å². The van der Waals surface area contributed by atoms with Gasteiger partial charge in [-0.3, -0.25) is 0 Å². The summed E-state index contributed by atoms with van der Waals surface area (Å²) < 4.78 is 27.3. The van der Waals surface area contributed by atoms with Crippen LogP contribution in [0.1, 0.15) is 18.5 Å². The van der Waals surface area contributed by atoms with Gasteiger partial charge in [-0.1, -0.05) is 41.9 Å². The Labute approximate surface area is 137 Å². The van der Waals surface area contributed by atoms with Gasteiger partial charge in [-0.25, -0.2) is 13.4 Å². The fourth-order valence-electron chi connectivity index (χ4n) is 1.89. The molecule has 1 aromatic carbocycles. The molecule has 4 nitrogen and oxygen atoms in total. The summed E-state index contributed by atoms with van der Waals surface area (Å²) >= 11 is 9.15. The molecule has 0 saturated heterocycles. The third-order valence-electron chi connectivity index (χ3n) is 3.26. The van der Waals surface area contributed by atoms with Gasteiger partial charge in [0, 0.05) is 23.8 Å². The van der Waals surface area contributed by atoms with E-state index in [9.17, 15) is 8.42 Å². The van der Waals surface area contributed by atoms with E-state index in [2.05, 4.69) is 20.9 Å². The van der Waals surface area contributed by atoms with E-state index in [0.29, 0.717) is 4.47 Å². The highest BCUT2D eigenvalue weighted by molar-refractivity contribution is 9.10. The molecule has 2 rings (SSSR count). The largest absolute Gasteiger partial charge is 0.246 e. The number of aromatic nitrogens is 1. The van der Waals surface area contributed by atoms with Gasteiger partial charge in [0.15, 0.2) is 0 Å². The molecule has 0 aliphatic carbocycles. The van der Waals surface area contributed by atoms with Gasteiger partial charge in [0.2, 0.25) is 10.0 Å². The molecule has 0 fully saturated rings. The average molecular weight is 390 g/mol. The van der Waals surface area contributed by atoms with Crippen molar-refractivity contribution in [3.63, 3.8) is 0 Å². The lowest BCUT2D eigenvalue weighted by atomic mass is 10.1. The molecule has 7 heteroatoms. The molecule has 0 aliphatic heterocycles. The van der Waals surface area contributed by atoms with Gasteiger partial charge in [0.25, 0.3) is 0 Å². The highest BCUT2D eigenvalue weighted by Crippen LogP contribution is 2.30. The highest BCUT2D eigenvalue weighted by Gasteiger charge is 2.29. The Morgan fingerprint density at radius 2 is 1.90 bits per heavy atom. The Morgan fingerprint density at radius 3 is 2.52 bits per heavy atom. The summed E-state index contributed by atoms with van der Waals surface area (Å²) in [6, 6.07) is 10.6. The summed E-state index contributed by atoms with van der Waals surface area (Å²) in [5.74, 6) is 0. The van der Waals surface area contributed by atoms with Crippen LogP contribution in [0.3, 0.4) is 0 Å². The van der Waals surface area contributed by atoms with Gasteiger partial charge >= 0.3 is 0 Å². The molecule has 1 atom stereocenters. The van der Waals surface area contributed by atoms with Crippen molar-refractivity contribution in [3.8, 4) is 0 Å². The molecular formula is C14H14BrClN2O2S. The standard InChI is InChI=1S/C14H14BrClN2O2S/c1-10(11-6-4-3-5-7-11)18(2)21(19,20)13-8-12(15)9-17-14(13)16/h3-10H,1-2H3. The number of hydrogen-bond donors (Lipinski definition) is 0. The first-order valence-electron chi connectivity index (χ1n) is 6.18. The number of hydrogen-bond acceptors (Lipinski definition) is 3. The quantitative estimate of drug-likeness (QED) is 0.746. The Balaban J connectivity index is 2.41. The molecule has 112 valence electrons. The minimum atomic E-state index is -3.73. The number of pyridine rings is 1. The smallest absolute Gasteiger partial charge is 0.242 e. The number of nitrogens with zero attached hydrogens (tertiary/aromatic N) is 2. The average Bonchev–Trinajstić information content (AvgIpc) is 2.49.